The third-order valence-electron chi connectivity index (χ3n) is 2.41. The number of carbonyl (C=O) groups is 1. The molecule has 0 aliphatic carbocycles. The van der Waals surface area contributed by atoms with Crippen molar-refractivity contribution in [2.45, 2.75) is 0 Å². The highest BCUT2D eigenvalue weighted by molar-refractivity contribution is 6.06. The van der Waals surface area contributed by atoms with E-state index in [1.54, 1.807) is 38.5 Å². The fourth-order valence-corrected chi connectivity index (χ4v) is 1.40. The van der Waals surface area contributed by atoms with E-state index in [1.807, 2.05) is 0 Å². The van der Waals surface area contributed by atoms with Gasteiger partial charge in [-0.1, -0.05) is 0 Å². The molecule has 0 fully saturated rings. The molecule has 0 saturated heterocycles. The normalized spacial score (nSPS) is 9.89. The molecule has 2 heterocycles. The van der Waals surface area contributed by atoms with Crippen molar-refractivity contribution >= 4 is 5.78 Å². The van der Waals surface area contributed by atoms with E-state index < -0.39 is 0 Å². The van der Waals surface area contributed by atoms with Gasteiger partial charge in [0, 0.05) is 0 Å². The summed E-state index contributed by atoms with van der Waals surface area (Å²) >= 11 is 0. The summed E-state index contributed by atoms with van der Waals surface area (Å²) in [5.74, 6) is 0.976. The first-order chi connectivity index (χ1) is 8.74. The molecule has 5 heteroatoms. The Morgan fingerprint density at radius 2 is 1.33 bits per heavy atom. The number of hydrogen-bond donors (Lipinski definition) is 0. The summed E-state index contributed by atoms with van der Waals surface area (Å²) in [6, 6.07) is 6.58. The van der Waals surface area contributed by atoms with Crippen molar-refractivity contribution in [3.8, 4) is 11.5 Å². The van der Waals surface area contributed by atoms with Gasteiger partial charge in [0.15, 0.2) is 0 Å². The summed E-state index contributed by atoms with van der Waals surface area (Å²) in [5.41, 5.74) is 0.655. The summed E-state index contributed by atoms with van der Waals surface area (Å²) in [6.45, 7) is 0. The predicted molar refractivity (Wildman–Crippen MR) is 65.0 cm³/mol. The molecule has 0 amide bonds. The van der Waals surface area contributed by atoms with Crippen LogP contribution in [0.25, 0.3) is 0 Å². The maximum Gasteiger partial charge on any atom is 0.229 e. The van der Waals surface area contributed by atoms with Crippen LogP contribution in [0.4, 0.5) is 0 Å². The summed E-state index contributed by atoms with van der Waals surface area (Å²) in [7, 11) is 3.09. The van der Waals surface area contributed by atoms with Crippen LogP contribution in [0.2, 0.25) is 0 Å². The van der Waals surface area contributed by atoms with E-state index in [9.17, 15) is 4.79 Å². The van der Waals surface area contributed by atoms with Gasteiger partial charge in [0.05, 0.1) is 26.6 Å². The van der Waals surface area contributed by atoms with Gasteiger partial charge in [0.1, 0.15) is 22.9 Å². The summed E-state index contributed by atoms with van der Waals surface area (Å²) in [6.07, 6.45) is 2.99. The van der Waals surface area contributed by atoms with Gasteiger partial charge in [-0.05, 0) is 24.3 Å². The minimum atomic E-state index is -0.236. The smallest absolute Gasteiger partial charge is 0.229 e. The lowest BCUT2D eigenvalue weighted by Crippen LogP contribution is -2.06. The Hall–Kier alpha value is -2.43. The zero-order chi connectivity index (χ0) is 13.0. The highest BCUT2D eigenvalue weighted by Gasteiger charge is 2.12. The molecule has 18 heavy (non-hydrogen) atoms. The van der Waals surface area contributed by atoms with E-state index in [0.717, 1.165) is 0 Å². The first-order valence-electron chi connectivity index (χ1n) is 5.29. The van der Waals surface area contributed by atoms with Gasteiger partial charge in [-0.2, -0.15) is 0 Å². The highest BCUT2D eigenvalue weighted by Crippen LogP contribution is 2.13. The monoisotopic (exact) mass is 244 g/mol. The molecule has 0 aliphatic heterocycles. The Morgan fingerprint density at radius 3 is 1.61 bits per heavy atom. The van der Waals surface area contributed by atoms with Crippen LogP contribution in [0.15, 0.2) is 36.7 Å². The molecule has 0 aromatic carbocycles. The lowest BCUT2D eigenvalue weighted by atomic mass is 10.2. The van der Waals surface area contributed by atoms with Crippen LogP contribution in [-0.4, -0.2) is 30.0 Å². The highest BCUT2D eigenvalue weighted by atomic mass is 16.5. The standard InChI is InChI=1S/C13H12N2O3/c1-17-9-3-5-11(14-7-9)13(16)12-6-4-10(18-2)8-15-12/h3-8H,1-2H3. The molecule has 0 radical (unpaired) electrons. The first-order valence-corrected chi connectivity index (χ1v) is 5.29. The summed E-state index contributed by atoms with van der Waals surface area (Å²) in [5, 5.41) is 0. The number of ether oxygens (including phenoxy) is 2. The fraction of sp³-hybridized carbons (Fsp3) is 0.154. The van der Waals surface area contributed by atoms with Crippen molar-refractivity contribution < 1.29 is 14.3 Å². The Bertz CT molecular complexity index is 486. The lowest BCUT2D eigenvalue weighted by molar-refractivity contribution is 0.102. The molecule has 0 bridgehead atoms. The molecule has 0 saturated carbocycles. The molecule has 0 unspecified atom stereocenters. The fourth-order valence-electron chi connectivity index (χ4n) is 1.40. The number of nitrogens with zero attached hydrogens (tertiary/aromatic N) is 2. The Balaban J connectivity index is 2.23. The topological polar surface area (TPSA) is 61.3 Å². The predicted octanol–water partition coefficient (Wildman–Crippen LogP) is 1.72. The van der Waals surface area contributed by atoms with E-state index in [0.29, 0.717) is 22.9 Å². The molecule has 0 atom stereocenters. The second kappa shape index (κ2) is 5.27. The van der Waals surface area contributed by atoms with Gasteiger partial charge in [-0.3, -0.25) is 4.79 Å². The van der Waals surface area contributed by atoms with Crippen LogP contribution in [0.3, 0.4) is 0 Å². The lowest BCUT2D eigenvalue weighted by Gasteiger charge is -2.03. The number of methoxy groups -OCH3 is 2. The first kappa shape index (κ1) is 12.0. The van der Waals surface area contributed by atoms with E-state index in [4.69, 9.17) is 9.47 Å². The second-order valence-electron chi connectivity index (χ2n) is 3.50. The van der Waals surface area contributed by atoms with Crippen LogP contribution in [0.1, 0.15) is 16.2 Å². The van der Waals surface area contributed by atoms with Crippen LogP contribution in [-0.2, 0) is 0 Å². The second-order valence-corrected chi connectivity index (χ2v) is 3.50. The summed E-state index contributed by atoms with van der Waals surface area (Å²) in [4.78, 5) is 20.1. The van der Waals surface area contributed by atoms with Gasteiger partial charge >= 0.3 is 0 Å². The quantitative estimate of drug-likeness (QED) is 0.766. The molecule has 2 rings (SSSR count). The van der Waals surface area contributed by atoms with Crippen molar-refractivity contribution in [2.75, 3.05) is 14.2 Å². The maximum atomic E-state index is 12.0. The van der Waals surface area contributed by atoms with Gasteiger partial charge in [-0.15, -0.1) is 0 Å². The van der Waals surface area contributed by atoms with Crippen LogP contribution in [0, 0.1) is 0 Å². The van der Waals surface area contributed by atoms with E-state index in [-0.39, 0.29) is 5.78 Å². The number of carbonyl (C=O) groups excluding carboxylic acids is 1. The Labute approximate surface area is 104 Å². The molecular weight excluding hydrogens is 232 g/mol. The third kappa shape index (κ3) is 2.45. The number of pyridine rings is 2. The van der Waals surface area contributed by atoms with E-state index >= 15 is 0 Å². The SMILES string of the molecule is COc1ccc(C(=O)c2ccc(OC)cn2)nc1. The maximum absolute atomic E-state index is 12.0. The van der Waals surface area contributed by atoms with Crippen molar-refractivity contribution in [1.29, 1.82) is 0 Å². The molecular formula is C13H12N2O3. The van der Waals surface area contributed by atoms with Crippen molar-refractivity contribution in [3.63, 3.8) is 0 Å². The zero-order valence-corrected chi connectivity index (χ0v) is 10.1. The molecule has 2 aromatic rings. The average molecular weight is 244 g/mol. The molecule has 92 valence electrons. The van der Waals surface area contributed by atoms with Crippen LogP contribution < -0.4 is 9.47 Å². The number of aromatic nitrogens is 2. The Morgan fingerprint density at radius 1 is 0.889 bits per heavy atom. The van der Waals surface area contributed by atoms with Crippen molar-refractivity contribution in [3.05, 3.63) is 48.0 Å². The minimum absolute atomic E-state index is 0.236. The summed E-state index contributed by atoms with van der Waals surface area (Å²) < 4.78 is 9.96. The molecule has 5 nitrogen and oxygen atoms in total. The van der Waals surface area contributed by atoms with Gasteiger partial charge < -0.3 is 9.47 Å². The molecule has 2 aromatic heterocycles. The van der Waals surface area contributed by atoms with E-state index in [2.05, 4.69) is 9.97 Å². The Kier molecular flexibility index (Phi) is 3.52. The van der Waals surface area contributed by atoms with Crippen LogP contribution in [0.5, 0.6) is 11.5 Å². The number of ketones is 1. The van der Waals surface area contributed by atoms with Crippen LogP contribution >= 0.6 is 0 Å². The molecule has 0 N–H and O–H groups in total. The minimum Gasteiger partial charge on any atom is -0.495 e. The van der Waals surface area contributed by atoms with Crippen molar-refractivity contribution in [1.82, 2.24) is 9.97 Å². The zero-order valence-electron chi connectivity index (χ0n) is 10.1. The van der Waals surface area contributed by atoms with Gasteiger partial charge in [-0.25, -0.2) is 9.97 Å². The largest absolute Gasteiger partial charge is 0.495 e. The average Bonchev–Trinajstić information content (AvgIpc) is 2.47. The molecule has 0 aliphatic rings. The third-order valence-corrected chi connectivity index (χ3v) is 2.41. The number of rotatable bonds is 4. The van der Waals surface area contributed by atoms with Gasteiger partial charge in [0.2, 0.25) is 5.78 Å². The molecule has 0 spiro atoms. The van der Waals surface area contributed by atoms with E-state index in [1.165, 1.54) is 12.4 Å². The van der Waals surface area contributed by atoms with Gasteiger partial charge in [0.25, 0.3) is 0 Å². The van der Waals surface area contributed by atoms with Crippen molar-refractivity contribution in [2.24, 2.45) is 0 Å². The number of hydrogen-bond acceptors (Lipinski definition) is 5.